The van der Waals surface area contributed by atoms with E-state index in [-0.39, 0.29) is 0 Å². The molecule has 0 aliphatic heterocycles. The molecule has 0 unspecified atom stereocenters. The first-order valence-corrected chi connectivity index (χ1v) is 9.68. The van der Waals surface area contributed by atoms with Crippen LogP contribution in [-0.2, 0) is 4.74 Å². The topological polar surface area (TPSA) is 78.0 Å². The summed E-state index contributed by atoms with van der Waals surface area (Å²) in [5, 5.41) is 9.50. The number of nitrogens with zero attached hydrogens (tertiary/aromatic N) is 2. The highest BCUT2D eigenvalue weighted by molar-refractivity contribution is 5.79. The van der Waals surface area contributed by atoms with Crippen molar-refractivity contribution in [2.24, 2.45) is 4.99 Å². The summed E-state index contributed by atoms with van der Waals surface area (Å²) in [6, 6.07) is 0.726. The van der Waals surface area contributed by atoms with Crippen molar-refractivity contribution in [3.8, 4) is 0 Å². The molecule has 0 saturated heterocycles. The van der Waals surface area contributed by atoms with E-state index in [4.69, 9.17) is 4.74 Å². The van der Waals surface area contributed by atoms with E-state index in [2.05, 4.69) is 32.9 Å². The second kappa shape index (κ2) is 10.00. The van der Waals surface area contributed by atoms with Gasteiger partial charge in [-0.1, -0.05) is 12.8 Å². The highest BCUT2D eigenvalue weighted by Crippen LogP contribution is 2.21. The molecule has 26 heavy (non-hydrogen) atoms. The fraction of sp³-hybridized carbons (Fsp3) is 0.895. The Morgan fingerprint density at radius 2 is 1.77 bits per heavy atom. The molecule has 1 aliphatic rings. The standard InChI is InChI=1S/C19H39N5O2/c1-18(2,3)26-17(25)23-19(4,5)14-22-16(20-6)21-12-13-24(7)15-10-8-9-11-15/h15H,8-14H2,1-7H3,(H,23,25)(H2,20,21,22). The first kappa shape index (κ1) is 22.5. The predicted octanol–water partition coefficient (Wildman–Crippen LogP) is 2.33. The van der Waals surface area contributed by atoms with Gasteiger partial charge in [0, 0.05) is 32.7 Å². The molecule has 0 spiro atoms. The zero-order valence-electron chi connectivity index (χ0n) is 17.7. The number of rotatable bonds is 7. The molecule has 1 fully saturated rings. The Kier molecular flexibility index (Phi) is 8.67. The quantitative estimate of drug-likeness (QED) is 0.474. The number of carbonyl (C=O) groups is 1. The van der Waals surface area contributed by atoms with Gasteiger partial charge in [0.05, 0.1) is 5.54 Å². The van der Waals surface area contributed by atoms with Crippen molar-refractivity contribution < 1.29 is 9.53 Å². The Bertz CT molecular complexity index is 465. The summed E-state index contributed by atoms with van der Waals surface area (Å²) in [4.78, 5) is 18.6. The molecule has 0 aromatic carbocycles. The fourth-order valence-electron chi connectivity index (χ4n) is 3.03. The number of carbonyl (C=O) groups excluding carboxylic acids is 1. The van der Waals surface area contributed by atoms with Crippen LogP contribution in [0.4, 0.5) is 4.79 Å². The Labute approximate surface area is 159 Å². The molecule has 3 N–H and O–H groups in total. The second-order valence-electron chi connectivity index (χ2n) is 8.78. The van der Waals surface area contributed by atoms with Crippen molar-refractivity contribution in [2.45, 2.75) is 77.5 Å². The molecule has 0 heterocycles. The van der Waals surface area contributed by atoms with E-state index < -0.39 is 17.2 Å². The summed E-state index contributed by atoms with van der Waals surface area (Å²) < 4.78 is 5.32. The lowest BCUT2D eigenvalue weighted by molar-refractivity contribution is 0.0474. The number of alkyl carbamates (subject to hydrolysis) is 1. The molecule has 7 nitrogen and oxygen atoms in total. The van der Waals surface area contributed by atoms with Gasteiger partial charge in [-0.2, -0.15) is 0 Å². The Morgan fingerprint density at radius 3 is 2.31 bits per heavy atom. The number of aliphatic imine (C=N–C) groups is 1. The van der Waals surface area contributed by atoms with Gasteiger partial charge in [0.1, 0.15) is 5.60 Å². The van der Waals surface area contributed by atoms with Crippen LogP contribution in [0.2, 0.25) is 0 Å². The molecule has 1 rings (SSSR count). The van der Waals surface area contributed by atoms with Gasteiger partial charge >= 0.3 is 6.09 Å². The van der Waals surface area contributed by atoms with Gasteiger partial charge < -0.3 is 25.6 Å². The molecule has 152 valence electrons. The molecule has 7 heteroatoms. The summed E-state index contributed by atoms with van der Waals surface area (Å²) in [6.07, 6.45) is 4.92. The zero-order chi connectivity index (χ0) is 19.8. The van der Waals surface area contributed by atoms with Crippen molar-refractivity contribution in [1.82, 2.24) is 20.9 Å². The maximum atomic E-state index is 11.9. The van der Waals surface area contributed by atoms with Gasteiger partial charge in [-0.25, -0.2) is 4.79 Å². The molecular formula is C19H39N5O2. The van der Waals surface area contributed by atoms with E-state index in [1.165, 1.54) is 25.7 Å². The Hall–Kier alpha value is -1.50. The van der Waals surface area contributed by atoms with Gasteiger partial charge in [0.2, 0.25) is 0 Å². The smallest absolute Gasteiger partial charge is 0.408 e. The van der Waals surface area contributed by atoms with Crippen molar-refractivity contribution in [1.29, 1.82) is 0 Å². The van der Waals surface area contributed by atoms with Crippen LogP contribution in [0.5, 0.6) is 0 Å². The van der Waals surface area contributed by atoms with Crippen LogP contribution >= 0.6 is 0 Å². The summed E-state index contributed by atoms with van der Waals surface area (Å²) in [6.45, 7) is 11.8. The largest absolute Gasteiger partial charge is 0.444 e. The lowest BCUT2D eigenvalue weighted by atomic mass is 10.1. The van der Waals surface area contributed by atoms with Crippen LogP contribution in [0.1, 0.15) is 60.3 Å². The summed E-state index contributed by atoms with van der Waals surface area (Å²) in [5.41, 5.74) is -0.961. The predicted molar refractivity (Wildman–Crippen MR) is 108 cm³/mol. The molecule has 0 aromatic rings. The second-order valence-corrected chi connectivity index (χ2v) is 8.78. The monoisotopic (exact) mass is 369 g/mol. The van der Waals surface area contributed by atoms with Crippen molar-refractivity contribution in [2.75, 3.05) is 33.7 Å². The number of ether oxygens (including phenoxy) is 1. The van der Waals surface area contributed by atoms with Crippen LogP contribution in [0.15, 0.2) is 4.99 Å². The molecular weight excluding hydrogens is 330 g/mol. The Morgan fingerprint density at radius 1 is 1.15 bits per heavy atom. The number of hydrogen-bond acceptors (Lipinski definition) is 4. The minimum atomic E-state index is -0.503. The molecule has 0 radical (unpaired) electrons. The van der Waals surface area contributed by atoms with Crippen molar-refractivity contribution in [3.05, 3.63) is 0 Å². The molecule has 0 bridgehead atoms. The molecule has 0 aromatic heterocycles. The lowest BCUT2D eigenvalue weighted by Gasteiger charge is -2.29. The lowest BCUT2D eigenvalue weighted by Crippen LogP contribution is -2.54. The average molecular weight is 370 g/mol. The maximum Gasteiger partial charge on any atom is 0.408 e. The van der Waals surface area contributed by atoms with Gasteiger partial charge in [-0.05, 0) is 54.5 Å². The van der Waals surface area contributed by atoms with E-state index in [1.54, 1.807) is 7.05 Å². The molecule has 1 saturated carbocycles. The number of amides is 1. The van der Waals surface area contributed by atoms with E-state index in [0.717, 1.165) is 25.1 Å². The van der Waals surface area contributed by atoms with Gasteiger partial charge in [-0.15, -0.1) is 0 Å². The van der Waals surface area contributed by atoms with Crippen LogP contribution in [0.3, 0.4) is 0 Å². The number of guanidine groups is 1. The van der Waals surface area contributed by atoms with E-state index in [0.29, 0.717) is 6.54 Å². The maximum absolute atomic E-state index is 11.9. The van der Waals surface area contributed by atoms with Crippen molar-refractivity contribution in [3.63, 3.8) is 0 Å². The zero-order valence-corrected chi connectivity index (χ0v) is 17.7. The van der Waals surface area contributed by atoms with Crippen LogP contribution in [0.25, 0.3) is 0 Å². The summed E-state index contributed by atoms with van der Waals surface area (Å²) in [5.74, 6) is 0.740. The minimum absolute atomic E-state index is 0.412. The summed E-state index contributed by atoms with van der Waals surface area (Å²) in [7, 11) is 3.95. The third-order valence-corrected chi connectivity index (χ3v) is 4.47. The highest BCUT2D eigenvalue weighted by Gasteiger charge is 2.25. The highest BCUT2D eigenvalue weighted by atomic mass is 16.6. The van der Waals surface area contributed by atoms with E-state index in [1.807, 2.05) is 34.6 Å². The van der Waals surface area contributed by atoms with Gasteiger partial charge in [0.15, 0.2) is 5.96 Å². The van der Waals surface area contributed by atoms with Crippen LogP contribution in [-0.4, -0.2) is 67.9 Å². The summed E-state index contributed by atoms with van der Waals surface area (Å²) >= 11 is 0. The molecule has 1 aliphatic carbocycles. The first-order valence-electron chi connectivity index (χ1n) is 9.68. The average Bonchev–Trinajstić information content (AvgIpc) is 3.02. The SMILES string of the molecule is CN=C(NCCN(C)C1CCCC1)NCC(C)(C)NC(=O)OC(C)(C)C. The number of likely N-dealkylation sites (N-methyl/N-ethyl adjacent to an activating group) is 1. The first-order chi connectivity index (χ1) is 12.0. The number of nitrogens with one attached hydrogen (secondary N) is 3. The van der Waals surface area contributed by atoms with Crippen LogP contribution < -0.4 is 16.0 Å². The minimum Gasteiger partial charge on any atom is -0.444 e. The van der Waals surface area contributed by atoms with E-state index in [9.17, 15) is 4.79 Å². The number of hydrogen-bond donors (Lipinski definition) is 3. The van der Waals surface area contributed by atoms with Crippen LogP contribution in [0, 0.1) is 0 Å². The van der Waals surface area contributed by atoms with E-state index >= 15 is 0 Å². The van der Waals surface area contributed by atoms with Gasteiger partial charge in [0.25, 0.3) is 0 Å². The van der Waals surface area contributed by atoms with Crippen molar-refractivity contribution >= 4 is 12.1 Å². The Balaban J connectivity index is 2.32. The fourth-order valence-corrected chi connectivity index (χ4v) is 3.03. The van der Waals surface area contributed by atoms with Gasteiger partial charge in [-0.3, -0.25) is 4.99 Å². The molecule has 1 amide bonds. The normalized spacial score (nSPS) is 16.7. The third-order valence-electron chi connectivity index (χ3n) is 4.47. The molecule has 0 atom stereocenters. The third kappa shape index (κ3) is 9.27.